The summed E-state index contributed by atoms with van der Waals surface area (Å²) in [5, 5.41) is 9.45. The molecule has 0 spiro atoms. The van der Waals surface area contributed by atoms with Gasteiger partial charge in [-0.05, 0) is 30.9 Å². The fourth-order valence-corrected chi connectivity index (χ4v) is 2.68. The molecule has 100 valence electrons. The average Bonchev–Trinajstić information content (AvgIpc) is 2.42. The molecule has 4 nitrogen and oxygen atoms in total. The van der Waals surface area contributed by atoms with E-state index in [4.69, 9.17) is 5.73 Å². The predicted octanol–water partition coefficient (Wildman–Crippen LogP) is 1.76. The molecule has 0 bridgehead atoms. The van der Waals surface area contributed by atoms with Gasteiger partial charge in [0.05, 0.1) is 6.07 Å². The van der Waals surface area contributed by atoms with Crippen molar-refractivity contribution in [2.24, 2.45) is 11.7 Å². The molecule has 0 radical (unpaired) electrons. The molecule has 4 heteroatoms. The molecule has 1 aliphatic heterocycles. The largest absolute Gasteiger partial charge is 0.369 e. The van der Waals surface area contributed by atoms with E-state index in [0.29, 0.717) is 0 Å². The molecule has 0 saturated carbocycles. The number of hydrogen-bond donors (Lipinski definition) is 1. The second kappa shape index (κ2) is 5.85. The van der Waals surface area contributed by atoms with Crippen molar-refractivity contribution in [3.8, 4) is 6.07 Å². The Bertz CT molecular complexity index is 498. The van der Waals surface area contributed by atoms with Crippen LogP contribution in [0.4, 0.5) is 0 Å². The maximum atomic E-state index is 11.2. The van der Waals surface area contributed by atoms with Crippen LogP contribution in [0.15, 0.2) is 24.3 Å². The van der Waals surface area contributed by atoms with E-state index in [-0.39, 0.29) is 17.9 Å². The summed E-state index contributed by atoms with van der Waals surface area (Å²) in [6.07, 6.45) is 1.50. The first-order chi connectivity index (χ1) is 9.13. The predicted molar refractivity (Wildman–Crippen MR) is 73.0 cm³/mol. The third kappa shape index (κ3) is 2.94. The van der Waals surface area contributed by atoms with Gasteiger partial charge < -0.3 is 5.73 Å². The number of carbonyl (C=O) groups excluding carboxylic acids is 1. The van der Waals surface area contributed by atoms with Crippen LogP contribution in [-0.4, -0.2) is 23.9 Å². The number of amides is 1. The van der Waals surface area contributed by atoms with Gasteiger partial charge in [-0.25, -0.2) is 0 Å². The van der Waals surface area contributed by atoms with Gasteiger partial charge in [0, 0.05) is 19.0 Å². The first-order valence-electron chi connectivity index (χ1n) is 6.62. The normalized spacial score (nSPS) is 18.7. The van der Waals surface area contributed by atoms with Crippen molar-refractivity contribution in [3.05, 3.63) is 35.4 Å². The van der Waals surface area contributed by atoms with Gasteiger partial charge in [0.15, 0.2) is 0 Å². The number of rotatable bonds is 3. The van der Waals surface area contributed by atoms with Crippen LogP contribution in [0.1, 0.15) is 30.0 Å². The Morgan fingerprint density at radius 2 is 2.05 bits per heavy atom. The Morgan fingerprint density at radius 1 is 1.42 bits per heavy atom. The molecule has 1 aliphatic rings. The lowest BCUT2D eigenvalue weighted by atomic mass is 9.93. The van der Waals surface area contributed by atoms with Crippen LogP contribution in [0, 0.1) is 24.2 Å². The Hall–Kier alpha value is -1.86. The number of likely N-dealkylation sites (tertiary alicyclic amines) is 1. The zero-order valence-electron chi connectivity index (χ0n) is 11.2. The van der Waals surface area contributed by atoms with E-state index in [1.807, 2.05) is 31.2 Å². The first-order valence-corrected chi connectivity index (χ1v) is 6.62. The molecule has 1 heterocycles. The zero-order valence-corrected chi connectivity index (χ0v) is 11.2. The van der Waals surface area contributed by atoms with Crippen LogP contribution in [0.5, 0.6) is 0 Å². The molecular weight excluding hydrogens is 238 g/mol. The highest BCUT2D eigenvalue weighted by atomic mass is 16.1. The minimum atomic E-state index is -0.227. The van der Waals surface area contributed by atoms with Crippen molar-refractivity contribution in [2.45, 2.75) is 25.8 Å². The Kier molecular flexibility index (Phi) is 4.18. The summed E-state index contributed by atoms with van der Waals surface area (Å²) >= 11 is 0. The number of hydrogen-bond acceptors (Lipinski definition) is 3. The van der Waals surface area contributed by atoms with Crippen molar-refractivity contribution in [1.29, 1.82) is 5.26 Å². The Balaban J connectivity index is 2.11. The highest BCUT2D eigenvalue weighted by Gasteiger charge is 2.28. The molecule has 1 aromatic carbocycles. The molecule has 1 unspecified atom stereocenters. The summed E-state index contributed by atoms with van der Waals surface area (Å²) in [6, 6.07) is 10.1. The average molecular weight is 257 g/mol. The number of carbonyl (C=O) groups is 1. The zero-order chi connectivity index (χ0) is 13.8. The van der Waals surface area contributed by atoms with Gasteiger partial charge in [-0.2, -0.15) is 5.26 Å². The molecule has 1 atom stereocenters. The summed E-state index contributed by atoms with van der Waals surface area (Å²) in [4.78, 5) is 13.3. The number of nitrogens with zero attached hydrogens (tertiary/aromatic N) is 2. The van der Waals surface area contributed by atoms with Crippen LogP contribution in [0.2, 0.25) is 0 Å². The van der Waals surface area contributed by atoms with Crippen LogP contribution < -0.4 is 5.73 Å². The topological polar surface area (TPSA) is 70.1 Å². The van der Waals surface area contributed by atoms with Crippen molar-refractivity contribution in [3.63, 3.8) is 0 Å². The second-order valence-electron chi connectivity index (χ2n) is 5.10. The van der Waals surface area contributed by atoms with Crippen LogP contribution in [-0.2, 0) is 4.79 Å². The quantitative estimate of drug-likeness (QED) is 0.897. The Morgan fingerprint density at radius 3 is 2.58 bits per heavy atom. The lowest BCUT2D eigenvalue weighted by molar-refractivity contribution is -0.123. The van der Waals surface area contributed by atoms with Gasteiger partial charge in [0.1, 0.15) is 6.04 Å². The molecule has 2 rings (SSSR count). The summed E-state index contributed by atoms with van der Waals surface area (Å²) in [7, 11) is 0. The van der Waals surface area contributed by atoms with Crippen molar-refractivity contribution in [1.82, 2.24) is 4.90 Å². The molecule has 0 aliphatic carbocycles. The van der Waals surface area contributed by atoms with E-state index in [2.05, 4.69) is 11.0 Å². The Labute approximate surface area is 113 Å². The van der Waals surface area contributed by atoms with Gasteiger partial charge in [-0.1, -0.05) is 24.3 Å². The van der Waals surface area contributed by atoms with E-state index >= 15 is 0 Å². The SMILES string of the molecule is Cc1ccccc1C(C#N)N1CCC(C(N)=O)CC1. The van der Waals surface area contributed by atoms with Crippen molar-refractivity contribution >= 4 is 5.91 Å². The lowest BCUT2D eigenvalue weighted by Gasteiger charge is -2.34. The van der Waals surface area contributed by atoms with Crippen molar-refractivity contribution in [2.75, 3.05) is 13.1 Å². The number of nitriles is 1. The van der Waals surface area contributed by atoms with Gasteiger partial charge in [0.2, 0.25) is 5.91 Å². The fourth-order valence-electron chi connectivity index (χ4n) is 2.68. The number of aryl methyl sites for hydroxylation is 1. The highest BCUT2D eigenvalue weighted by Crippen LogP contribution is 2.28. The van der Waals surface area contributed by atoms with Crippen LogP contribution in [0.3, 0.4) is 0 Å². The minimum Gasteiger partial charge on any atom is -0.369 e. The van der Waals surface area contributed by atoms with E-state index in [0.717, 1.165) is 37.1 Å². The van der Waals surface area contributed by atoms with Gasteiger partial charge in [-0.3, -0.25) is 9.69 Å². The second-order valence-corrected chi connectivity index (χ2v) is 5.10. The number of primary amides is 1. The summed E-state index contributed by atoms with van der Waals surface area (Å²) < 4.78 is 0. The molecule has 2 N–H and O–H groups in total. The summed E-state index contributed by atoms with van der Waals surface area (Å²) in [6.45, 7) is 3.52. The van der Waals surface area contributed by atoms with Crippen LogP contribution >= 0.6 is 0 Å². The smallest absolute Gasteiger partial charge is 0.220 e. The fraction of sp³-hybridized carbons (Fsp3) is 0.467. The van der Waals surface area contributed by atoms with E-state index < -0.39 is 0 Å². The maximum Gasteiger partial charge on any atom is 0.220 e. The standard InChI is InChI=1S/C15H19N3O/c1-11-4-2-3-5-13(11)14(10-16)18-8-6-12(7-9-18)15(17)19/h2-5,12,14H,6-9H2,1H3,(H2,17,19). The van der Waals surface area contributed by atoms with E-state index in [9.17, 15) is 10.1 Å². The number of nitrogens with two attached hydrogens (primary N) is 1. The highest BCUT2D eigenvalue weighted by molar-refractivity contribution is 5.76. The first kappa shape index (κ1) is 13.6. The summed E-state index contributed by atoms with van der Waals surface area (Å²) in [5.74, 6) is -0.253. The molecule has 19 heavy (non-hydrogen) atoms. The summed E-state index contributed by atoms with van der Waals surface area (Å²) in [5.41, 5.74) is 7.52. The number of piperidine rings is 1. The molecule has 1 fully saturated rings. The van der Waals surface area contributed by atoms with E-state index in [1.54, 1.807) is 0 Å². The minimum absolute atomic E-state index is 0.0348. The van der Waals surface area contributed by atoms with Gasteiger partial charge in [0.25, 0.3) is 0 Å². The van der Waals surface area contributed by atoms with E-state index in [1.165, 1.54) is 0 Å². The van der Waals surface area contributed by atoms with Gasteiger partial charge >= 0.3 is 0 Å². The lowest BCUT2D eigenvalue weighted by Crippen LogP contribution is -2.40. The molecular formula is C15H19N3O. The molecule has 1 saturated heterocycles. The molecule has 1 amide bonds. The van der Waals surface area contributed by atoms with Crippen molar-refractivity contribution < 1.29 is 4.79 Å². The van der Waals surface area contributed by atoms with Gasteiger partial charge in [-0.15, -0.1) is 0 Å². The molecule has 1 aromatic rings. The van der Waals surface area contributed by atoms with Crippen LogP contribution in [0.25, 0.3) is 0 Å². The maximum absolute atomic E-state index is 11.2. The third-order valence-electron chi connectivity index (χ3n) is 3.90. The third-order valence-corrected chi connectivity index (χ3v) is 3.90. The number of benzene rings is 1. The monoisotopic (exact) mass is 257 g/mol. The molecule has 0 aromatic heterocycles.